The molecule has 3 N–H and O–H groups in total. The summed E-state index contributed by atoms with van der Waals surface area (Å²) in [6, 6.07) is 5.85. The fourth-order valence-electron chi connectivity index (χ4n) is 4.66. The van der Waals surface area contributed by atoms with Crippen LogP contribution in [0.25, 0.3) is 21.9 Å². The Hall–Kier alpha value is -2.61. The molecule has 0 radical (unpaired) electrons. The first-order chi connectivity index (χ1) is 14.9. The number of aromatic amines is 2. The average molecular weight is 443 g/mol. The summed E-state index contributed by atoms with van der Waals surface area (Å²) in [5.41, 5.74) is 1.82. The minimum Gasteiger partial charge on any atom is -0.497 e. The van der Waals surface area contributed by atoms with E-state index in [1.165, 1.54) is 11.0 Å². The lowest BCUT2D eigenvalue weighted by Gasteiger charge is -2.34. The Morgan fingerprint density at radius 2 is 2.06 bits per heavy atom. The van der Waals surface area contributed by atoms with E-state index in [-0.39, 0.29) is 17.5 Å². The van der Waals surface area contributed by atoms with Gasteiger partial charge in [0.25, 0.3) is 5.56 Å². The maximum Gasteiger partial charge on any atom is 0.278 e. The van der Waals surface area contributed by atoms with Gasteiger partial charge in [-0.3, -0.25) is 14.2 Å². The second-order valence-electron chi connectivity index (χ2n) is 8.72. The van der Waals surface area contributed by atoms with Crippen LogP contribution in [0.3, 0.4) is 0 Å². The van der Waals surface area contributed by atoms with Gasteiger partial charge < -0.3 is 20.0 Å². The van der Waals surface area contributed by atoms with E-state index < -0.39 is 0 Å². The van der Waals surface area contributed by atoms with E-state index in [9.17, 15) is 9.59 Å². The van der Waals surface area contributed by atoms with Crippen molar-refractivity contribution >= 4 is 40.1 Å². The Labute approximate surface area is 186 Å². The molecule has 0 unspecified atom stereocenters. The monoisotopic (exact) mass is 442 g/mol. The van der Waals surface area contributed by atoms with Gasteiger partial charge in [0.1, 0.15) is 11.3 Å². The molecule has 1 aromatic carbocycles. The average Bonchev–Trinajstić information content (AvgIpc) is 3.11. The number of carbonyl (C=O) groups is 1. The van der Waals surface area contributed by atoms with E-state index in [2.05, 4.69) is 29.1 Å². The van der Waals surface area contributed by atoms with Crippen LogP contribution >= 0.6 is 12.2 Å². The molecule has 4 rings (SSSR count). The summed E-state index contributed by atoms with van der Waals surface area (Å²) in [7, 11) is 1.61. The van der Waals surface area contributed by atoms with Crippen molar-refractivity contribution in [2.45, 2.75) is 58.5 Å². The van der Waals surface area contributed by atoms with Crippen LogP contribution in [-0.2, 0) is 11.3 Å². The molecule has 0 spiro atoms. The standard InChI is InChI=1S/C23H30N4O3S/c1-13-6-4-7-17(14(13)2)24-19(28)8-5-11-27-22(29)21-20(26-23(27)31)16-12-15(30-3)9-10-18(16)25-21/h9-10,12-14,17,25H,4-8,11H2,1-3H3,(H,24,28)(H,26,31)/t13-,14-,17+/m0/s1. The van der Waals surface area contributed by atoms with Crippen molar-refractivity contribution in [1.29, 1.82) is 0 Å². The van der Waals surface area contributed by atoms with Gasteiger partial charge in [-0.05, 0) is 55.1 Å². The molecular weight excluding hydrogens is 412 g/mol. The third kappa shape index (κ3) is 4.26. The minimum atomic E-state index is -0.177. The zero-order chi connectivity index (χ0) is 22.1. The predicted octanol–water partition coefficient (Wildman–Crippen LogP) is 4.27. The molecule has 1 aliphatic carbocycles. The van der Waals surface area contributed by atoms with Gasteiger partial charge in [-0.25, -0.2) is 0 Å². The maximum atomic E-state index is 13.1. The molecule has 0 bridgehead atoms. The summed E-state index contributed by atoms with van der Waals surface area (Å²) in [5, 5.41) is 4.06. The van der Waals surface area contributed by atoms with E-state index in [1.807, 2.05) is 18.2 Å². The quantitative estimate of drug-likeness (QED) is 0.497. The number of rotatable bonds is 6. The summed E-state index contributed by atoms with van der Waals surface area (Å²) in [5.74, 6) is 1.90. The predicted molar refractivity (Wildman–Crippen MR) is 125 cm³/mol. The Morgan fingerprint density at radius 1 is 1.26 bits per heavy atom. The second-order valence-corrected chi connectivity index (χ2v) is 9.11. The highest BCUT2D eigenvalue weighted by Gasteiger charge is 2.27. The molecule has 0 aliphatic heterocycles. The Bertz CT molecular complexity index is 1230. The molecule has 166 valence electrons. The molecule has 1 amide bonds. The van der Waals surface area contributed by atoms with Gasteiger partial charge in [0.2, 0.25) is 5.91 Å². The highest BCUT2D eigenvalue weighted by atomic mass is 32.1. The molecule has 7 nitrogen and oxygen atoms in total. The lowest BCUT2D eigenvalue weighted by Crippen LogP contribution is -2.43. The fraction of sp³-hybridized carbons (Fsp3) is 0.522. The molecule has 2 heterocycles. The number of carbonyl (C=O) groups excluding carboxylic acids is 1. The number of ether oxygens (including phenoxy) is 1. The molecule has 3 aromatic rings. The SMILES string of the molecule is COc1ccc2[nH]c3c(=O)n(CCCC(=O)N[C@@H]4CCC[C@H](C)[C@@H]4C)c(=S)[nH]c3c2c1. The summed E-state index contributed by atoms with van der Waals surface area (Å²) in [4.78, 5) is 31.9. The Balaban J connectivity index is 1.47. The molecule has 0 saturated heterocycles. The van der Waals surface area contributed by atoms with Crippen LogP contribution in [0.2, 0.25) is 0 Å². The van der Waals surface area contributed by atoms with E-state index >= 15 is 0 Å². The van der Waals surface area contributed by atoms with Gasteiger partial charge in [0, 0.05) is 29.9 Å². The van der Waals surface area contributed by atoms with E-state index in [1.54, 1.807) is 7.11 Å². The summed E-state index contributed by atoms with van der Waals surface area (Å²) in [6.07, 6.45) is 4.37. The number of hydrogen-bond acceptors (Lipinski definition) is 4. The van der Waals surface area contributed by atoms with E-state index in [0.717, 1.165) is 23.7 Å². The van der Waals surface area contributed by atoms with Crippen molar-refractivity contribution in [3.8, 4) is 5.75 Å². The topological polar surface area (TPSA) is 91.9 Å². The molecule has 1 aliphatic rings. The van der Waals surface area contributed by atoms with Crippen LogP contribution < -0.4 is 15.6 Å². The molecule has 3 atom stereocenters. The lowest BCUT2D eigenvalue weighted by molar-refractivity contribution is -0.122. The van der Waals surface area contributed by atoms with Crippen LogP contribution in [0.15, 0.2) is 23.0 Å². The van der Waals surface area contributed by atoms with Crippen LogP contribution in [0.1, 0.15) is 46.0 Å². The first-order valence-electron chi connectivity index (χ1n) is 11.0. The van der Waals surface area contributed by atoms with Crippen LogP contribution in [0.4, 0.5) is 0 Å². The molecule has 31 heavy (non-hydrogen) atoms. The second kappa shape index (κ2) is 8.86. The molecular formula is C23H30N4O3S. The highest BCUT2D eigenvalue weighted by molar-refractivity contribution is 7.71. The van der Waals surface area contributed by atoms with Crippen molar-refractivity contribution in [1.82, 2.24) is 19.9 Å². The zero-order valence-corrected chi connectivity index (χ0v) is 19.1. The van der Waals surface area contributed by atoms with Crippen molar-refractivity contribution < 1.29 is 9.53 Å². The maximum absolute atomic E-state index is 13.1. The van der Waals surface area contributed by atoms with Crippen LogP contribution in [0.5, 0.6) is 5.75 Å². The fourth-order valence-corrected chi connectivity index (χ4v) is 4.93. The first kappa shape index (κ1) is 21.6. The van der Waals surface area contributed by atoms with Gasteiger partial charge in [0.15, 0.2) is 4.77 Å². The number of nitrogens with one attached hydrogen (secondary N) is 3. The van der Waals surface area contributed by atoms with Crippen molar-refractivity contribution in [2.24, 2.45) is 11.8 Å². The third-order valence-electron chi connectivity index (χ3n) is 6.78. The lowest BCUT2D eigenvalue weighted by atomic mass is 9.78. The number of nitrogens with zero attached hydrogens (tertiary/aromatic N) is 1. The summed E-state index contributed by atoms with van der Waals surface area (Å²) in [6.45, 7) is 4.87. The Kier molecular flexibility index (Phi) is 6.18. The molecule has 1 saturated carbocycles. The molecule has 8 heteroatoms. The first-order valence-corrected chi connectivity index (χ1v) is 11.4. The minimum absolute atomic E-state index is 0.0488. The number of methoxy groups -OCH3 is 1. The summed E-state index contributed by atoms with van der Waals surface area (Å²) < 4.78 is 7.18. The molecule has 2 aromatic heterocycles. The third-order valence-corrected chi connectivity index (χ3v) is 7.10. The van der Waals surface area contributed by atoms with Crippen LogP contribution in [0, 0.1) is 16.6 Å². The highest BCUT2D eigenvalue weighted by Crippen LogP contribution is 2.29. The number of H-pyrrole nitrogens is 2. The Morgan fingerprint density at radius 3 is 2.84 bits per heavy atom. The van der Waals surface area contributed by atoms with Gasteiger partial charge in [-0.15, -0.1) is 0 Å². The van der Waals surface area contributed by atoms with Crippen molar-refractivity contribution in [2.75, 3.05) is 7.11 Å². The number of aromatic nitrogens is 3. The largest absolute Gasteiger partial charge is 0.497 e. The number of benzene rings is 1. The number of amides is 1. The van der Waals surface area contributed by atoms with Crippen LogP contribution in [-0.4, -0.2) is 33.6 Å². The number of hydrogen-bond donors (Lipinski definition) is 3. The van der Waals surface area contributed by atoms with Crippen molar-refractivity contribution in [3.05, 3.63) is 33.3 Å². The smallest absolute Gasteiger partial charge is 0.278 e. The molecule has 1 fully saturated rings. The van der Waals surface area contributed by atoms with E-state index in [0.29, 0.717) is 52.8 Å². The van der Waals surface area contributed by atoms with Gasteiger partial charge in [0.05, 0.1) is 12.6 Å². The van der Waals surface area contributed by atoms with Crippen molar-refractivity contribution in [3.63, 3.8) is 0 Å². The number of fused-ring (bicyclic) bond motifs is 3. The van der Waals surface area contributed by atoms with Gasteiger partial charge >= 0.3 is 0 Å². The summed E-state index contributed by atoms with van der Waals surface area (Å²) >= 11 is 5.46. The van der Waals surface area contributed by atoms with E-state index in [4.69, 9.17) is 17.0 Å². The van der Waals surface area contributed by atoms with Gasteiger partial charge in [-0.1, -0.05) is 26.7 Å². The normalized spacial score (nSPS) is 21.5. The van der Waals surface area contributed by atoms with Gasteiger partial charge in [-0.2, -0.15) is 0 Å². The zero-order valence-electron chi connectivity index (χ0n) is 18.3.